The van der Waals surface area contributed by atoms with Crippen molar-refractivity contribution in [2.24, 2.45) is 0 Å². The minimum atomic E-state index is -0.537. The van der Waals surface area contributed by atoms with Gasteiger partial charge in [-0.2, -0.15) is 5.26 Å². The van der Waals surface area contributed by atoms with Gasteiger partial charge in [-0.1, -0.05) is 34.1 Å². The minimum absolute atomic E-state index is 0.144. The second-order valence-corrected chi connectivity index (χ2v) is 5.31. The quantitative estimate of drug-likeness (QED) is 0.622. The molecule has 0 fully saturated rings. The Hall–Kier alpha value is -1.09. The van der Waals surface area contributed by atoms with Crippen LogP contribution in [0.15, 0.2) is 24.3 Å². The number of methoxy groups -OCH3 is 2. The number of rotatable bonds is 2. The first-order chi connectivity index (χ1) is 8.60. The largest absolute Gasteiger partial charge is 0.372 e. The van der Waals surface area contributed by atoms with Crippen molar-refractivity contribution in [3.63, 3.8) is 0 Å². The molecule has 0 amide bonds. The van der Waals surface area contributed by atoms with Crippen molar-refractivity contribution < 1.29 is 9.47 Å². The molecule has 2 rings (SSSR count). The summed E-state index contributed by atoms with van der Waals surface area (Å²) in [5.41, 5.74) is 1.26. The fraction of sp³-hybridized carbons (Fsp3) is 0.462. The first kappa shape index (κ1) is 13.3. The molecule has 0 spiro atoms. The summed E-state index contributed by atoms with van der Waals surface area (Å²) in [6.45, 7) is 1.99. The molecule has 1 aromatic rings. The van der Waals surface area contributed by atoms with Crippen molar-refractivity contribution in [1.82, 2.24) is 0 Å². The van der Waals surface area contributed by atoms with Gasteiger partial charge in [-0.3, -0.25) is 4.90 Å². The molecule has 18 heavy (non-hydrogen) atoms. The zero-order valence-electron chi connectivity index (χ0n) is 10.6. The molecule has 1 aliphatic heterocycles. The summed E-state index contributed by atoms with van der Waals surface area (Å²) < 4.78 is 11.1. The number of halogens is 1. The summed E-state index contributed by atoms with van der Waals surface area (Å²) in [5, 5.41) is 9.33. The van der Waals surface area contributed by atoms with E-state index in [1.165, 1.54) is 0 Å². The highest BCUT2D eigenvalue weighted by molar-refractivity contribution is 9.09. The van der Waals surface area contributed by atoms with Crippen LogP contribution < -0.4 is 4.90 Å². The van der Waals surface area contributed by atoms with Gasteiger partial charge in [0.1, 0.15) is 5.60 Å². The van der Waals surface area contributed by atoms with E-state index in [1.807, 2.05) is 31.2 Å². The Labute approximate surface area is 115 Å². The van der Waals surface area contributed by atoms with Crippen LogP contribution >= 0.6 is 15.9 Å². The zero-order chi connectivity index (χ0) is 13.3. The number of benzene rings is 1. The lowest BCUT2D eigenvalue weighted by Gasteiger charge is -2.46. The molecule has 0 saturated carbocycles. The van der Waals surface area contributed by atoms with E-state index in [0.717, 1.165) is 11.3 Å². The van der Waals surface area contributed by atoms with Gasteiger partial charge in [-0.15, -0.1) is 0 Å². The maximum Gasteiger partial charge on any atom is 0.186 e. The van der Waals surface area contributed by atoms with E-state index in [-0.39, 0.29) is 4.83 Å². The van der Waals surface area contributed by atoms with Gasteiger partial charge in [0.25, 0.3) is 0 Å². The van der Waals surface area contributed by atoms with Crippen molar-refractivity contribution in [3.8, 4) is 6.19 Å². The molecule has 1 aliphatic rings. The van der Waals surface area contributed by atoms with Gasteiger partial charge in [0.05, 0.1) is 10.5 Å². The molecule has 0 N–H and O–H groups in total. The maximum atomic E-state index is 9.33. The lowest BCUT2D eigenvalue weighted by atomic mass is 9.86. The summed E-state index contributed by atoms with van der Waals surface area (Å²) in [4.78, 5) is 1.42. The minimum Gasteiger partial charge on any atom is -0.372 e. The van der Waals surface area contributed by atoms with Gasteiger partial charge in [0.15, 0.2) is 12.4 Å². The highest BCUT2D eigenvalue weighted by Crippen LogP contribution is 2.46. The van der Waals surface area contributed by atoms with Crippen LogP contribution in [-0.4, -0.2) is 25.3 Å². The average Bonchev–Trinajstić information content (AvgIpc) is 2.42. The van der Waals surface area contributed by atoms with Gasteiger partial charge in [-0.25, -0.2) is 0 Å². The molecule has 1 heterocycles. The molecule has 0 unspecified atom stereocenters. The van der Waals surface area contributed by atoms with E-state index < -0.39 is 11.8 Å². The predicted octanol–water partition coefficient (Wildman–Crippen LogP) is 2.59. The molecule has 4 nitrogen and oxygen atoms in total. The van der Waals surface area contributed by atoms with Gasteiger partial charge < -0.3 is 9.47 Å². The average molecular weight is 311 g/mol. The first-order valence-electron chi connectivity index (χ1n) is 5.60. The summed E-state index contributed by atoms with van der Waals surface area (Å²) in [6, 6.07) is 7.73. The third-order valence-electron chi connectivity index (χ3n) is 3.50. The number of para-hydroxylation sites is 1. The maximum absolute atomic E-state index is 9.33. The standard InChI is InChI=1S/C13H15BrN2O2/c1-13(18-3)9-6-4-5-7-10(9)16(8-15)12(17-2)11(13)14/h4-7,11-12H,1-3H3/t11-,12-,13-/m0/s1. The van der Waals surface area contributed by atoms with E-state index in [2.05, 4.69) is 22.1 Å². The molecule has 0 aliphatic carbocycles. The van der Waals surface area contributed by atoms with Crippen LogP contribution in [0.2, 0.25) is 0 Å². The van der Waals surface area contributed by atoms with Gasteiger partial charge in [0.2, 0.25) is 0 Å². The smallest absolute Gasteiger partial charge is 0.186 e. The number of nitrogens with zero attached hydrogens (tertiary/aromatic N) is 2. The van der Waals surface area contributed by atoms with Crippen molar-refractivity contribution in [2.45, 2.75) is 23.6 Å². The number of fused-ring (bicyclic) bond motifs is 1. The Bertz CT molecular complexity index is 488. The molecule has 96 valence electrons. The van der Waals surface area contributed by atoms with Crippen LogP contribution in [0.25, 0.3) is 0 Å². The third-order valence-corrected chi connectivity index (χ3v) is 4.83. The Morgan fingerprint density at radius 3 is 2.61 bits per heavy atom. The molecule has 0 bridgehead atoms. The van der Waals surface area contributed by atoms with E-state index in [4.69, 9.17) is 9.47 Å². The Morgan fingerprint density at radius 1 is 1.39 bits per heavy atom. The Morgan fingerprint density at radius 2 is 2.06 bits per heavy atom. The van der Waals surface area contributed by atoms with Gasteiger partial charge in [0, 0.05) is 19.8 Å². The molecule has 1 aromatic carbocycles. The Kier molecular flexibility index (Phi) is 3.62. The van der Waals surface area contributed by atoms with Crippen LogP contribution in [0.3, 0.4) is 0 Å². The summed E-state index contributed by atoms with van der Waals surface area (Å²) in [5.74, 6) is 0. The number of anilines is 1. The van der Waals surface area contributed by atoms with Crippen LogP contribution in [0.1, 0.15) is 12.5 Å². The van der Waals surface area contributed by atoms with E-state index in [1.54, 1.807) is 19.1 Å². The van der Waals surface area contributed by atoms with Crippen molar-refractivity contribution in [1.29, 1.82) is 5.26 Å². The van der Waals surface area contributed by atoms with Crippen LogP contribution in [0.5, 0.6) is 0 Å². The lowest BCUT2D eigenvalue weighted by molar-refractivity contribution is -0.0436. The molecule has 0 saturated heterocycles. The molecule has 5 heteroatoms. The summed E-state index contributed by atoms with van der Waals surface area (Å²) >= 11 is 3.61. The second kappa shape index (κ2) is 4.88. The van der Waals surface area contributed by atoms with Crippen molar-refractivity contribution in [3.05, 3.63) is 29.8 Å². The number of nitriles is 1. The van der Waals surface area contributed by atoms with Crippen molar-refractivity contribution in [2.75, 3.05) is 19.1 Å². The fourth-order valence-corrected chi connectivity index (χ4v) is 3.24. The first-order valence-corrected chi connectivity index (χ1v) is 6.52. The number of alkyl halides is 1. The predicted molar refractivity (Wildman–Crippen MR) is 72.4 cm³/mol. The highest BCUT2D eigenvalue weighted by atomic mass is 79.9. The van der Waals surface area contributed by atoms with Crippen LogP contribution in [0.4, 0.5) is 5.69 Å². The molecule has 0 radical (unpaired) electrons. The summed E-state index contributed by atoms with van der Waals surface area (Å²) in [6.07, 6.45) is 1.78. The van der Waals surface area contributed by atoms with E-state index in [9.17, 15) is 5.26 Å². The zero-order valence-corrected chi connectivity index (χ0v) is 12.1. The number of ether oxygens (including phenoxy) is 2. The topological polar surface area (TPSA) is 45.5 Å². The molecular weight excluding hydrogens is 296 g/mol. The molecule has 0 aromatic heterocycles. The second-order valence-electron chi connectivity index (χ2n) is 4.33. The SMILES string of the molecule is CO[C@H]1[C@H](Br)[C@@](C)(OC)c2ccccc2N1C#N. The third kappa shape index (κ3) is 1.72. The monoisotopic (exact) mass is 310 g/mol. The number of hydrogen-bond donors (Lipinski definition) is 0. The van der Waals surface area contributed by atoms with Crippen molar-refractivity contribution >= 4 is 21.6 Å². The van der Waals surface area contributed by atoms with Gasteiger partial charge in [-0.05, 0) is 13.0 Å². The molecular formula is C13H15BrN2O2. The molecule has 3 atom stereocenters. The fourth-order valence-electron chi connectivity index (χ4n) is 2.35. The van der Waals surface area contributed by atoms with E-state index >= 15 is 0 Å². The number of hydrogen-bond acceptors (Lipinski definition) is 4. The summed E-state index contributed by atoms with van der Waals surface area (Å²) in [7, 11) is 3.26. The highest BCUT2D eigenvalue weighted by Gasteiger charge is 2.48. The van der Waals surface area contributed by atoms with Crippen LogP contribution in [0, 0.1) is 11.5 Å². The lowest BCUT2D eigenvalue weighted by Crippen LogP contribution is -2.54. The van der Waals surface area contributed by atoms with E-state index in [0.29, 0.717) is 0 Å². The normalized spacial score (nSPS) is 30.7. The van der Waals surface area contributed by atoms with Crippen LogP contribution in [-0.2, 0) is 15.1 Å². The van der Waals surface area contributed by atoms with Gasteiger partial charge >= 0.3 is 0 Å². The Balaban J connectivity index is 2.65.